The molecule has 2 amide bonds. The van der Waals surface area contributed by atoms with Crippen molar-refractivity contribution < 1.29 is 32.2 Å². The van der Waals surface area contributed by atoms with E-state index in [0.29, 0.717) is 15.7 Å². The number of alkyl halides is 3. The summed E-state index contributed by atoms with van der Waals surface area (Å²) in [6.45, 7) is 10.1. The zero-order chi connectivity index (χ0) is 30.4. The van der Waals surface area contributed by atoms with Crippen LogP contribution in [0.15, 0.2) is 72.8 Å². The van der Waals surface area contributed by atoms with Crippen LogP contribution in [0.1, 0.15) is 26.3 Å². The molecule has 1 aliphatic rings. The topological polar surface area (TPSA) is 62.2 Å². The first-order valence-corrected chi connectivity index (χ1v) is 16.5. The van der Waals surface area contributed by atoms with Crippen molar-refractivity contribution in [1.82, 2.24) is 0 Å². The number of carbonyl (C=O) groups excluding carboxylic acids is 1. The highest BCUT2D eigenvalue weighted by Gasteiger charge is 2.59. The number of hydrogen-bond donors (Lipinski definition) is 1. The molecule has 0 saturated carbocycles. The summed E-state index contributed by atoms with van der Waals surface area (Å²) >= 11 is 12.2. The molecular weight excluding hydrogens is 596 g/mol. The summed E-state index contributed by atoms with van der Waals surface area (Å²) in [5, 5.41) is 13.3. The molecule has 12 heteroatoms. The van der Waals surface area contributed by atoms with Crippen molar-refractivity contribution in [2.75, 3.05) is 16.4 Å². The van der Waals surface area contributed by atoms with Gasteiger partial charge >= 0.3 is 12.4 Å². The zero-order valence-corrected chi connectivity index (χ0v) is 25.7. The van der Waals surface area contributed by atoms with Crippen LogP contribution in [0, 0.1) is 0 Å². The van der Waals surface area contributed by atoms with Gasteiger partial charge in [0, 0.05) is 27.0 Å². The molecule has 0 radical (unpaired) electrons. The van der Waals surface area contributed by atoms with Gasteiger partial charge in [-0.05, 0) is 78.8 Å². The lowest BCUT2D eigenvalue weighted by Crippen LogP contribution is -2.54. The molecule has 0 spiro atoms. The number of rotatable bonds is 7. The Bertz CT molecular complexity index is 1400. The maximum atomic E-state index is 14.3. The fourth-order valence-electron chi connectivity index (χ4n) is 4.44. The summed E-state index contributed by atoms with van der Waals surface area (Å²) in [6.07, 6.45) is -4.96. The van der Waals surface area contributed by atoms with Gasteiger partial charge < -0.3 is 14.3 Å². The van der Waals surface area contributed by atoms with E-state index in [1.54, 1.807) is 48.5 Å². The number of amides is 2. The average Bonchev–Trinajstić information content (AvgIpc) is 3.09. The Morgan fingerprint density at radius 1 is 0.927 bits per heavy atom. The predicted molar refractivity (Wildman–Crippen MR) is 157 cm³/mol. The summed E-state index contributed by atoms with van der Waals surface area (Å²) in [4.78, 5) is 16.8. The van der Waals surface area contributed by atoms with Crippen LogP contribution in [0.4, 0.5) is 29.3 Å². The Labute approximate surface area is 248 Å². The second kappa shape index (κ2) is 11.1. The molecule has 3 aromatic carbocycles. The smallest absolute Gasteiger partial charge is 0.415 e. The number of aliphatic hydroxyl groups is 1. The van der Waals surface area contributed by atoms with Gasteiger partial charge in [0.1, 0.15) is 11.8 Å². The first-order valence-electron chi connectivity index (χ1n) is 12.8. The van der Waals surface area contributed by atoms with E-state index in [1.807, 2.05) is 13.1 Å². The fraction of sp³-hybridized carbons (Fsp3) is 0.345. The summed E-state index contributed by atoms with van der Waals surface area (Å²) in [7, 11) is -2.43. The fourth-order valence-corrected chi connectivity index (χ4v) is 5.70. The highest BCUT2D eigenvalue weighted by Crippen LogP contribution is 2.47. The number of urea groups is 1. The van der Waals surface area contributed by atoms with E-state index in [9.17, 15) is 23.1 Å². The monoisotopic (exact) mass is 626 g/mol. The maximum Gasteiger partial charge on any atom is 0.573 e. The summed E-state index contributed by atoms with van der Waals surface area (Å²) in [5.41, 5.74) is -1.50. The van der Waals surface area contributed by atoms with Crippen molar-refractivity contribution in [1.29, 1.82) is 0 Å². The minimum Gasteiger partial charge on any atom is -0.415 e. The zero-order valence-electron chi connectivity index (χ0n) is 23.2. The van der Waals surface area contributed by atoms with Crippen LogP contribution >= 0.6 is 23.2 Å². The summed E-state index contributed by atoms with van der Waals surface area (Å²) < 4.78 is 50.1. The number of ether oxygens (including phenoxy) is 1. The average molecular weight is 628 g/mol. The molecule has 4 rings (SSSR count). The molecule has 1 aliphatic heterocycles. The number of carbonyl (C=O) groups is 1. The molecule has 6 nitrogen and oxygen atoms in total. The van der Waals surface area contributed by atoms with E-state index in [0.717, 1.165) is 17.0 Å². The molecule has 220 valence electrons. The van der Waals surface area contributed by atoms with Gasteiger partial charge in [-0.15, -0.1) is 13.2 Å². The van der Waals surface area contributed by atoms with Crippen LogP contribution < -0.4 is 14.5 Å². The molecule has 0 aromatic heterocycles. The lowest BCUT2D eigenvalue weighted by atomic mass is 9.93. The van der Waals surface area contributed by atoms with E-state index in [4.69, 9.17) is 27.6 Å². The van der Waals surface area contributed by atoms with Crippen LogP contribution in [0.25, 0.3) is 0 Å². The van der Waals surface area contributed by atoms with E-state index >= 15 is 0 Å². The number of hydrogen-bond acceptors (Lipinski definition) is 4. The van der Waals surface area contributed by atoms with Crippen LogP contribution in [0.5, 0.6) is 5.75 Å². The Balaban J connectivity index is 1.94. The van der Waals surface area contributed by atoms with Gasteiger partial charge in [0.25, 0.3) is 0 Å². The van der Waals surface area contributed by atoms with E-state index in [2.05, 4.69) is 25.5 Å². The third kappa shape index (κ3) is 6.36. The first kappa shape index (κ1) is 31.2. The van der Waals surface area contributed by atoms with Gasteiger partial charge in [-0.3, -0.25) is 9.80 Å². The van der Waals surface area contributed by atoms with E-state index in [1.165, 1.54) is 17.0 Å². The van der Waals surface area contributed by atoms with Gasteiger partial charge in [-0.25, -0.2) is 4.79 Å². The molecule has 0 bridgehead atoms. The molecule has 1 fully saturated rings. The van der Waals surface area contributed by atoms with Crippen molar-refractivity contribution in [3.63, 3.8) is 0 Å². The Kier molecular flexibility index (Phi) is 8.48. The predicted octanol–water partition coefficient (Wildman–Crippen LogP) is 8.57. The molecule has 2 unspecified atom stereocenters. The van der Waals surface area contributed by atoms with E-state index < -0.39 is 38.2 Å². The lowest BCUT2D eigenvalue weighted by molar-refractivity contribution is -0.274. The second-order valence-corrected chi connectivity index (χ2v) is 17.0. The number of nitrogens with zero attached hydrogens (tertiary/aromatic N) is 2. The van der Waals surface area contributed by atoms with Gasteiger partial charge in [0.15, 0.2) is 14.0 Å². The Hall–Kier alpha value is -2.76. The SMILES string of the molecule is CC(C)(C)[Si](C)(C)OCC1N(c2ccc(Cl)cc2)C(=O)N(c2ccc(Cl)cc2)C1(O)c1cccc(OC(F)(F)F)c1. The Morgan fingerprint density at radius 2 is 1.46 bits per heavy atom. The Morgan fingerprint density at radius 3 is 1.98 bits per heavy atom. The van der Waals surface area contributed by atoms with Crippen molar-refractivity contribution in [2.24, 2.45) is 0 Å². The van der Waals surface area contributed by atoms with Crippen molar-refractivity contribution >= 4 is 48.9 Å². The lowest BCUT2D eigenvalue weighted by Gasteiger charge is -2.41. The normalized spacial score (nSPS) is 20.1. The molecule has 1 saturated heterocycles. The maximum absolute atomic E-state index is 14.3. The van der Waals surface area contributed by atoms with Crippen molar-refractivity contribution in [2.45, 2.75) is 57.0 Å². The third-order valence-electron chi connectivity index (χ3n) is 7.60. The molecule has 41 heavy (non-hydrogen) atoms. The second-order valence-electron chi connectivity index (χ2n) is 11.3. The minimum atomic E-state index is -4.96. The van der Waals surface area contributed by atoms with Crippen LogP contribution in [-0.4, -0.2) is 38.5 Å². The van der Waals surface area contributed by atoms with Gasteiger partial charge in [-0.2, -0.15) is 0 Å². The van der Waals surface area contributed by atoms with Gasteiger partial charge in [-0.1, -0.05) is 56.1 Å². The molecule has 2 atom stereocenters. The molecule has 0 aliphatic carbocycles. The molecule has 3 aromatic rings. The quantitative estimate of drug-likeness (QED) is 0.267. The number of halogens is 5. The minimum absolute atomic E-state index is 0.00263. The third-order valence-corrected chi connectivity index (χ3v) is 12.6. The number of anilines is 2. The molecular formula is C29H31Cl2F3N2O4Si. The molecule has 1 heterocycles. The van der Waals surface area contributed by atoms with Crippen molar-refractivity contribution in [3.05, 3.63) is 88.4 Å². The van der Waals surface area contributed by atoms with E-state index in [-0.39, 0.29) is 22.9 Å². The first-order chi connectivity index (χ1) is 18.9. The number of benzene rings is 3. The highest BCUT2D eigenvalue weighted by molar-refractivity contribution is 6.74. The van der Waals surface area contributed by atoms with Crippen LogP contribution in [-0.2, 0) is 10.2 Å². The van der Waals surface area contributed by atoms with Crippen LogP contribution in [0.2, 0.25) is 28.2 Å². The van der Waals surface area contributed by atoms with Gasteiger partial charge in [0.05, 0.1) is 6.61 Å². The van der Waals surface area contributed by atoms with Gasteiger partial charge in [0.2, 0.25) is 0 Å². The van der Waals surface area contributed by atoms with Crippen LogP contribution in [0.3, 0.4) is 0 Å². The molecule has 1 N–H and O–H groups in total. The van der Waals surface area contributed by atoms with Crippen molar-refractivity contribution in [3.8, 4) is 5.75 Å². The standard InChI is InChI=1S/C29H31Cl2F3N2O4Si/c1-27(2,3)41(4,5)39-18-25-28(38,19-7-6-8-24(17-19)40-29(32,33)34)36(23-15-11-21(31)12-16-23)26(37)35(25)22-13-9-20(30)10-14-22/h6-17,25,38H,18H2,1-5H3. The largest absolute Gasteiger partial charge is 0.573 e. The highest BCUT2D eigenvalue weighted by atomic mass is 35.5. The summed E-state index contributed by atoms with van der Waals surface area (Å²) in [5.74, 6) is -0.541. The summed E-state index contributed by atoms with van der Waals surface area (Å²) in [6, 6.07) is 16.0.